The summed E-state index contributed by atoms with van der Waals surface area (Å²) in [4.78, 5) is 11.2. The number of benzene rings is 2. The Labute approximate surface area is 210 Å². The van der Waals surface area contributed by atoms with Gasteiger partial charge in [0.1, 0.15) is 5.69 Å². The van der Waals surface area contributed by atoms with Gasteiger partial charge in [0.15, 0.2) is 5.69 Å². The zero-order valence-electron chi connectivity index (χ0n) is 19.5. The molecule has 4 heterocycles. The topological polar surface area (TPSA) is 95.0 Å². The molecule has 1 atom stereocenters. The second-order valence-corrected chi connectivity index (χ2v) is 9.12. The average Bonchev–Trinajstić information content (AvgIpc) is 3.58. The quantitative estimate of drug-likeness (QED) is 0.330. The third kappa shape index (κ3) is 4.56. The molecule has 6 rings (SSSR count). The highest BCUT2D eigenvalue weighted by atomic mass is 31.0. The molecule has 1 saturated heterocycles. The van der Waals surface area contributed by atoms with E-state index in [0.29, 0.717) is 17.4 Å². The fraction of sp³-hybridized carbons (Fsp3) is 0.192. The van der Waals surface area contributed by atoms with E-state index in [2.05, 4.69) is 51.7 Å². The first-order valence-corrected chi connectivity index (χ1v) is 12.3. The van der Waals surface area contributed by atoms with Crippen LogP contribution in [0.1, 0.15) is 5.56 Å². The first-order valence-electron chi connectivity index (χ1n) is 11.7. The Bertz CT molecular complexity index is 1460. The monoisotopic (exact) mass is 497 g/mol. The lowest BCUT2D eigenvalue weighted by molar-refractivity contribution is 0.0342. The molecule has 0 saturated carbocycles. The molecule has 3 aromatic heterocycles. The summed E-state index contributed by atoms with van der Waals surface area (Å²) < 4.78 is 12.9. The zero-order chi connectivity index (χ0) is 24.3. The van der Waals surface area contributed by atoms with E-state index < -0.39 is 0 Å². The van der Waals surface area contributed by atoms with Gasteiger partial charge < -0.3 is 9.26 Å². The van der Waals surface area contributed by atoms with Crippen LogP contribution in [0, 0.1) is 0 Å². The van der Waals surface area contributed by atoms with Gasteiger partial charge in [-0.3, -0.25) is 9.88 Å². The van der Waals surface area contributed by atoms with Crippen LogP contribution >= 0.6 is 9.24 Å². The Morgan fingerprint density at radius 3 is 2.44 bits per heavy atom. The highest BCUT2D eigenvalue weighted by Gasteiger charge is 2.23. The molecule has 1 unspecified atom stereocenters. The molecule has 9 nitrogen and oxygen atoms in total. The van der Waals surface area contributed by atoms with E-state index in [-0.39, 0.29) is 0 Å². The molecule has 1 aliphatic heterocycles. The lowest BCUT2D eigenvalue weighted by atomic mass is 10.1. The number of ether oxygens (including phenoxy) is 1. The molecule has 1 aliphatic rings. The van der Waals surface area contributed by atoms with Crippen LogP contribution in [-0.2, 0) is 11.3 Å². The summed E-state index contributed by atoms with van der Waals surface area (Å²) in [5.74, 6) is 0.811. The second kappa shape index (κ2) is 10.1. The zero-order valence-corrected chi connectivity index (χ0v) is 20.6. The number of hydrogen-bond donors (Lipinski definition) is 0. The van der Waals surface area contributed by atoms with Gasteiger partial charge in [-0.25, -0.2) is 4.68 Å². The first-order chi connectivity index (χ1) is 17.8. The van der Waals surface area contributed by atoms with E-state index in [1.165, 1.54) is 5.56 Å². The number of rotatable bonds is 6. The Morgan fingerprint density at radius 2 is 1.67 bits per heavy atom. The molecule has 0 radical (unpaired) electrons. The van der Waals surface area contributed by atoms with Crippen molar-refractivity contribution in [2.75, 3.05) is 26.3 Å². The minimum absolute atomic E-state index is 0.307. The van der Waals surface area contributed by atoms with Crippen LogP contribution in [0.3, 0.4) is 0 Å². The van der Waals surface area contributed by atoms with E-state index in [0.717, 1.165) is 60.7 Å². The predicted molar refractivity (Wildman–Crippen MR) is 139 cm³/mol. The van der Waals surface area contributed by atoms with Crippen LogP contribution in [0.25, 0.3) is 39.9 Å². The summed E-state index contributed by atoms with van der Waals surface area (Å²) in [6.45, 7) is 4.39. The molecule has 0 bridgehead atoms. The highest BCUT2D eigenvalue weighted by Crippen LogP contribution is 2.32. The largest absolute Gasteiger partial charge is 0.379 e. The molecule has 36 heavy (non-hydrogen) atoms. The molecule has 5 aromatic rings. The fourth-order valence-corrected chi connectivity index (χ4v) is 4.59. The number of aromatic nitrogens is 6. The molecule has 0 N–H and O–H groups in total. The van der Waals surface area contributed by atoms with E-state index >= 15 is 0 Å². The van der Waals surface area contributed by atoms with Gasteiger partial charge in [-0.2, -0.15) is 4.98 Å². The van der Waals surface area contributed by atoms with Gasteiger partial charge in [0, 0.05) is 43.2 Å². The van der Waals surface area contributed by atoms with Crippen molar-refractivity contribution in [3.8, 4) is 39.9 Å². The highest BCUT2D eigenvalue weighted by molar-refractivity contribution is 7.27. The lowest BCUT2D eigenvalue weighted by Crippen LogP contribution is -2.35. The van der Waals surface area contributed by atoms with Gasteiger partial charge in [0.05, 0.1) is 18.9 Å². The minimum atomic E-state index is 0.307. The molecular weight excluding hydrogens is 473 g/mol. The van der Waals surface area contributed by atoms with Crippen LogP contribution in [0.5, 0.6) is 0 Å². The summed E-state index contributed by atoms with van der Waals surface area (Å²) >= 11 is 0. The maximum Gasteiger partial charge on any atom is 0.281 e. The summed E-state index contributed by atoms with van der Waals surface area (Å²) in [5, 5.41) is 14.1. The van der Waals surface area contributed by atoms with Crippen LogP contribution in [0.4, 0.5) is 0 Å². The predicted octanol–water partition coefficient (Wildman–Crippen LogP) is 3.38. The molecule has 0 amide bonds. The summed E-state index contributed by atoms with van der Waals surface area (Å²) in [7, 11) is 2.74. The van der Waals surface area contributed by atoms with Gasteiger partial charge in [0.2, 0.25) is 5.82 Å². The number of pyridine rings is 1. The van der Waals surface area contributed by atoms with Crippen molar-refractivity contribution in [3.63, 3.8) is 0 Å². The van der Waals surface area contributed by atoms with E-state index in [4.69, 9.17) is 9.26 Å². The first kappa shape index (κ1) is 22.7. The number of hydrogen-bond acceptors (Lipinski definition) is 8. The van der Waals surface area contributed by atoms with Gasteiger partial charge in [-0.05, 0) is 29.1 Å². The Kier molecular flexibility index (Phi) is 6.34. The Morgan fingerprint density at radius 1 is 0.889 bits per heavy atom. The van der Waals surface area contributed by atoms with Gasteiger partial charge in [-0.15, -0.1) is 14.3 Å². The number of nitrogens with zero attached hydrogens (tertiary/aromatic N) is 7. The standard InChI is InChI=1S/C26H24N7O2P/c36-22-4-2-1-3-21(22)33-24(19-9-11-27-12-10-19)23(29-31-33)26-28-25(30-35-26)20-7-5-18(6-8-20)17-32-13-15-34-16-14-32/h1-12H,13-17,36H2. The van der Waals surface area contributed by atoms with E-state index in [1.54, 1.807) is 17.1 Å². The number of para-hydroxylation sites is 1. The van der Waals surface area contributed by atoms with Crippen molar-refractivity contribution >= 4 is 14.5 Å². The van der Waals surface area contributed by atoms with E-state index in [1.807, 2.05) is 48.5 Å². The van der Waals surface area contributed by atoms with Crippen LogP contribution in [-0.4, -0.2) is 61.3 Å². The third-order valence-corrected chi connectivity index (χ3v) is 6.63. The maximum absolute atomic E-state index is 5.68. The summed E-state index contributed by atoms with van der Waals surface area (Å²) in [6, 6.07) is 20.0. The minimum Gasteiger partial charge on any atom is -0.379 e. The van der Waals surface area contributed by atoms with Crippen LogP contribution in [0.2, 0.25) is 0 Å². The normalized spacial score (nSPS) is 14.2. The fourth-order valence-electron chi connectivity index (χ4n) is 4.26. The van der Waals surface area contributed by atoms with Crippen molar-refractivity contribution in [2.24, 2.45) is 0 Å². The molecule has 0 spiro atoms. The lowest BCUT2D eigenvalue weighted by Gasteiger charge is -2.26. The van der Waals surface area contributed by atoms with Crippen molar-refractivity contribution < 1.29 is 9.26 Å². The molecule has 2 aromatic carbocycles. The summed E-state index contributed by atoms with van der Waals surface area (Å²) in [5.41, 5.74) is 5.17. The van der Waals surface area contributed by atoms with E-state index in [9.17, 15) is 0 Å². The molecule has 1 fully saturated rings. The third-order valence-electron chi connectivity index (χ3n) is 6.14. The van der Waals surface area contributed by atoms with Gasteiger partial charge in [-0.1, -0.05) is 52.8 Å². The van der Waals surface area contributed by atoms with Gasteiger partial charge in [0.25, 0.3) is 5.89 Å². The number of morpholine rings is 1. The van der Waals surface area contributed by atoms with Crippen molar-refractivity contribution in [2.45, 2.75) is 6.54 Å². The maximum atomic E-state index is 5.68. The van der Waals surface area contributed by atoms with Crippen LogP contribution < -0.4 is 5.30 Å². The van der Waals surface area contributed by atoms with Crippen molar-refractivity contribution in [3.05, 3.63) is 78.6 Å². The molecule has 10 heteroatoms. The van der Waals surface area contributed by atoms with Crippen molar-refractivity contribution in [1.82, 2.24) is 35.0 Å². The van der Waals surface area contributed by atoms with Gasteiger partial charge >= 0.3 is 0 Å². The molecule has 0 aliphatic carbocycles. The summed E-state index contributed by atoms with van der Waals surface area (Å²) in [6.07, 6.45) is 3.47. The Balaban J connectivity index is 1.32. The SMILES string of the molecule is Pc1ccccc1-n1nnc(-c2nc(-c3ccc(CN4CCOCC4)cc3)no2)c1-c1ccncc1. The molecule has 180 valence electrons. The smallest absolute Gasteiger partial charge is 0.281 e. The second-order valence-electron chi connectivity index (χ2n) is 8.50. The average molecular weight is 497 g/mol. The Hall–Kier alpha value is -3.78. The van der Waals surface area contributed by atoms with Crippen molar-refractivity contribution in [1.29, 1.82) is 0 Å². The van der Waals surface area contributed by atoms with Crippen LogP contribution in [0.15, 0.2) is 77.6 Å². The molecular formula is C26H24N7O2P.